The molecule has 0 radical (unpaired) electrons. The molecule has 0 amide bonds. The van der Waals surface area contributed by atoms with Crippen molar-refractivity contribution in [3.8, 4) is 0 Å². The van der Waals surface area contributed by atoms with Gasteiger partial charge in [0.25, 0.3) is 5.69 Å². The number of carbonyl (C=O) groups is 1. The topological polar surface area (TPSA) is 60.2 Å². The second-order valence-electron chi connectivity index (χ2n) is 3.10. The van der Waals surface area contributed by atoms with Crippen LogP contribution in [0.5, 0.6) is 0 Å². The fourth-order valence-corrected chi connectivity index (χ4v) is 1.36. The highest BCUT2D eigenvalue weighted by molar-refractivity contribution is 6.30. The summed E-state index contributed by atoms with van der Waals surface area (Å²) in [7, 11) is 0. The van der Waals surface area contributed by atoms with Crippen molar-refractivity contribution in [3.63, 3.8) is 0 Å². The Morgan fingerprint density at radius 3 is 2.73 bits per heavy atom. The van der Waals surface area contributed by atoms with Crippen molar-refractivity contribution in [1.82, 2.24) is 0 Å². The van der Waals surface area contributed by atoms with E-state index >= 15 is 0 Å². The number of ketones is 1. The largest absolute Gasteiger partial charge is 0.299 e. The zero-order chi connectivity index (χ0) is 11.4. The van der Waals surface area contributed by atoms with Crippen molar-refractivity contribution < 1.29 is 9.72 Å². The van der Waals surface area contributed by atoms with Crippen molar-refractivity contribution in [2.75, 3.05) is 0 Å². The van der Waals surface area contributed by atoms with E-state index in [2.05, 4.69) is 0 Å². The number of benzene rings is 1. The highest BCUT2D eigenvalue weighted by atomic mass is 35.5. The molecule has 0 aromatic heterocycles. The number of nitro benzene ring substituents is 1. The lowest BCUT2D eigenvalue weighted by molar-refractivity contribution is -0.385. The van der Waals surface area contributed by atoms with E-state index in [-0.39, 0.29) is 17.9 Å². The number of hydrogen-bond acceptors (Lipinski definition) is 3. The van der Waals surface area contributed by atoms with Crippen molar-refractivity contribution in [1.29, 1.82) is 0 Å². The first-order valence-electron chi connectivity index (χ1n) is 4.49. The van der Waals surface area contributed by atoms with Gasteiger partial charge in [-0.05, 0) is 6.07 Å². The van der Waals surface area contributed by atoms with Crippen LogP contribution in [0.15, 0.2) is 18.2 Å². The monoisotopic (exact) mass is 227 g/mol. The van der Waals surface area contributed by atoms with Gasteiger partial charge in [0.1, 0.15) is 5.78 Å². The van der Waals surface area contributed by atoms with Gasteiger partial charge in [0.15, 0.2) is 0 Å². The number of nitrogens with zero attached hydrogens (tertiary/aromatic N) is 1. The minimum absolute atomic E-state index is 0.0274. The summed E-state index contributed by atoms with van der Waals surface area (Å²) >= 11 is 5.64. The zero-order valence-electron chi connectivity index (χ0n) is 8.20. The fraction of sp³-hybridized carbons (Fsp3) is 0.300. The summed E-state index contributed by atoms with van der Waals surface area (Å²) in [6.07, 6.45) is 0.462. The molecule has 80 valence electrons. The molecule has 4 nitrogen and oxygen atoms in total. The maximum atomic E-state index is 11.2. The fourth-order valence-electron chi connectivity index (χ4n) is 1.19. The van der Waals surface area contributed by atoms with Gasteiger partial charge in [-0.3, -0.25) is 14.9 Å². The summed E-state index contributed by atoms with van der Waals surface area (Å²) in [6.45, 7) is 1.73. The lowest BCUT2D eigenvalue weighted by Gasteiger charge is -2.01. The molecule has 1 rings (SSSR count). The number of halogens is 1. The van der Waals surface area contributed by atoms with E-state index < -0.39 is 4.92 Å². The molecule has 1 aromatic carbocycles. The van der Waals surface area contributed by atoms with Crippen LogP contribution in [0, 0.1) is 10.1 Å². The van der Waals surface area contributed by atoms with Crippen LogP contribution in [-0.4, -0.2) is 10.7 Å². The van der Waals surface area contributed by atoms with Crippen LogP contribution < -0.4 is 0 Å². The molecule has 0 unspecified atom stereocenters. The van der Waals surface area contributed by atoms with Crippen molar-refractivity contribution in [2.45, 2.75) is 19.8 Å². The van der Waals surface area contributed by atoms with Crippen molar-refractivity contribution >= 4 is 23.1 Å². The van der Waals surface area contributed by atoms with Crippen LogP contribution in [-0.2, 0) is 11.2 Å². The number of nitro groups is 1. The summed E-state index contributed by atoms with van der Waals surface area (Å²) in [5.74, 6) is -0.0274. The quantitative estimate of drug-likeness (QED) is 0.587. The summed E-state index contributed by atoms with van der Waals surface area (Å²) in [5, 5.41) is 11.0. The Hall–Kier alpha value is -1.42. The van der Waals surface area contributed by atoms with Crippen LogP contribution in [0.2, 0.25) is 5.02 Å². The van der Waals surface area contributed by atoms with Crippen molar-refractivity contribution in [3.05, 3.63) is 38.9 Å². The molecule has 0 aliphatic heterocycles. The minimum atomic E-state index is -0.524. The molecule has 0 spiro atoms. The Kier molecular flexibility index (Phi) is 3.80. The first-order chi connectivity index (χ1) is 7.04. The van der Waals surface area contributed by atoms with Crippen LogP contribution in [0.4, 0.5) is 5.69 Å². The zero-order valence-corrected chi connectivity index (χ0v) is 8.95. The number of Topliss-reactive ketones (excluding diaryl/α,β-unsaturated/α-hetero) is 1. The third-order valence-corrected chi connectivity index (χ3v) is 2.26. The lowest BCUT2D eigenvalue weighted by Crippen LogP contribution is -2.03. The number of rotatable bonds is 4. The third kappa shape index (κ3) is 3.02. The van der Waals surface area contributed by atoms with Gasteiger partial charge in [-0.1, -0.05) is 24.6 Å². The molecule has 0 bridgehead atoms. The Balaban J connectivity index is 3.06. The standard InChI is InChI=1S/C10H10ClNO3/c1-2-9(13)5-7-3-4-8(11)6-10(7)12(14)15/h3-4,6H,2,5H2,1H3. The average Bonchev–Trinajstić information content (AvgIpc) is 2.20. The average molecular weight is 228 g/mol. The molecular formula is C10H10ClNO3. The lowest BCUT2D eigenvalue weighted by atomic mass is 10.1. The molecule has 0 N–H and O–H groups in total. The van der Waals surface area contributed by atoms with Gasteiger partial charge in [-0.25, -0.2) is 0 Å². The van der Waals surface area contributed by atoms with Crippen LogP contribution in [0.25, 0.3) is 0 Å². The highest BCUT2D eigenvalue weighted by Gasteiger charge is 2.15. The first-order valence-corrected chi connectivity index (χ1v) is 4.87. The van der Waals surface area contributed by atoms with Gasteiger partial charge >= 0.3 is 0 Å². The van der Waals surface area contributed by atoms with Gasteiger partial charge in [0.05, 0.1) is 4.92 Å². The Morgan fingerprint density at radius 2 is 2.20 bits per heavy atom. The molecule has 0 heterocycles. The van der Waals surface area contributed by atoms with Crippen LogP contribution in [0.1, 0.15) is 18.9 Å². The molecule has 0 saturated carbocycles. The van der Waals surface area contributed by atoms with Gasteiger partial charge in [-0.2, -0.15) is 0 Å². The second-order valence-corrected chi connectivity index (χ2v) is 3.54. The van der Waals surface area contributed by atoms with E-state index in [4.69, 9.17) is 11.6 Å². The molecular weight excluding hydrogens is 218 g/mol. The van der Waals surface area contributed by atoms with E-state index in [0.717, 1.165) is 0 Å². The summed E-state index contributed by atoms with van der Waals surface area (Å²) in [6, 6.07) is 4.33. The minimum Gasteiger partial charge on any atom is -0.299 e. The summed E-state index contributed by atoms with van der Waals surface area (Å²) < 4.78 is 0. The smallest absolute Gasteiger partial charge is 0.274 e. The SMILES string of the molecule is CCC(=O)Cc1ccc(Cl)cc1[N+](=O)[O-]. The third-order valence-electron chi connectivity index (χ3n) is 2.03. The highest BCUT2D eigenvalue weighted by Crippen LogP contribution is 2.23. The van der Waals surface area contributed by atoms with Gasteiger partial charge < -0.3 is 0 Å². The molecule has 0 aliphatic carbocycles. The van der Waals surface area contributed by atoms with E-state index in [1.165, 1.54) is 12.1 Å². The van der Waals surface area contributed by atoms with E-state index in [0.29, 0.717) is 17.0 Å². The van der Waals surface area contributed by atoms with Crippen LogP contribution >= 0.6 is 11.6 Å². The molecule has 15 heavy (non-hydrogen) atoms. The predicted molar refractivity (Wildman–Crippen MR) is 57.1 cm³/mol. The van der Waals surface area contributed by atoms with E-state index in [1.54, 1.807) is 13.0 Å². The molecule has 1 aromatic rings. The maximum absolute atomic E-state index is 11.2. The normalized spacial score (nSPS) is 10.0. The Morgan fingerprint density at radius 1 is 1.53 bits per heavy atom. The maximum Gasteiger partial charge on any atom is 0.274 e. The number of carbonyl (C=O) groups excluding carboxylic acids is 1. The predicted octanol–water partition coefficient (Wildman–Crippen LogP) is 2.77. The van der Waals surface area contributed by atoms with Crippen LogP contribution in [0.3, 0.4) is 0 Å². The van der Waals surface area contributed by atoms with Gasteiger partial charge in [0.2, 0.25) is 0 Å². The molecule has 0 fully saturated rings. The Labute approximate surface area is 92.0 Å². The second kappa shape index (κ2) is 4.89. The summed E-state index contributed by atoms with van der Waals surface area (Å²) in [5.41, 5.74) is 0.320. The number of hydrogen-bond donors (Lipinski definition) is 0. The summed E-state index contributed by atoms with van der Waals surface area (Å²) in [4.78, 5) is 21.3. The molecule has 0 saturated heterocycles. The van der Waals surface area contributed by atoms with Gasteiger partial charge in [0, 0.05) is 29.5 Å². The van der Waals surface area contributed by atoms with Crippen molar-refractivity contribution in [2.24, 2.45) is 0 Å². The Bertz CT molecular complexity index is 404. The van der Waals surface area contributed by atoms with E-state index in [1.807, 2.05) is 0 Å². The van der Waals surface area contributed by atoms with E-state index in [9.17, 15) is 14.9 Å². The molecule has 5 heteroatoms. The first kappa shape index (κ1) is 11.7. The molecule has 0 atom stereocenters. The van der Waals surface area contributed by atoms with Gasteiger partial charge in [-0.15, -0.1) is 0 Å². The molecule has 0 aliphatic rings.